The second-order valence-electron chi connectivity index (χ2n) is 14.6. The lowest BCUT2D eigenvalue weighted by Gasteiger charge is -2.32. The Kier molecular flexibility index (Phi) is 6.26. The minimum absolute atomic E-state index is 0.552. The van der Waals surface area contributed by atoms with Gasteiger partial charge in [0.2, 0.25) is 0 Å². The first-order valence-corrected chi connectivity index (χ1v) is 18.9. The fraction of sp³-hybridized carbons (Fsp3) is 0.0192. The Labute approximate surface area is 318 Å². The van der Waals surface area contributed by atoms with E-state index in [4.69, 9.17) is 15.0 Å². The molecule has 0 saturated heterocycles. The molecule has 12 rings (SSSR count). The van der Waals surface area contributed by atoms with Crippen molar-refractivity contribution in [1.29, 1.82) is 0 Å². The highest BCUT2D eigenvalue weighted by Gasteiger charge is 2.54. The van der Waals surface area contributed by atoms with Crippen LogP contribution in [0.3, 0.4) is 0 Å². The van der Waals surface area contributed by atoms with Gasteiger partial charge in [-0.2, -0.15) is 0 Å². The molecule has 9 aromatic carbocycles. The number of hydrogen-bond donors (Lipinski definition) is 0. The van der Waals surface area contributed by atoms with Crippen molar-refractivity contribution in [3.63, 3.8) is 0 Å². The Morgan fingerprint density at radius 1 is 0.291 bits per heavy atom. The molecule has 55 heavy (non-hydrogen) atoms. The van der Waals surface area contributed by atoms with Crippen LogP contribution in [0.5, 0.6) is 0 Å². The van der Waals surface area contributed by atoms with Gasteiger partial charge < -0.3 is 0 Å². The zero-order valence-corrected chi connectivity index (χ0v) is 29.7. The summed E-state index contributed by atoms with van der Waals surface area (Å²) in [6.07, 6.45) is 0. The second kappa shape index (κ2) is 11.4. The number of rotatable bonds is 3. The lowest BCUT2D eigenvalue weighted by molar-refractivity contribution is 0.809. The molecular weight excluding hydrogens is 667 g/mol. The van der Waals surface area contributed by atoms with Crippen LogP contribution in [-0.2, 0) is 5.41 Å². The molecule has 0 N–H and O–H groups in total. The predicted octanol–water partition coefficient (Wildman–Crippen LogP) is 12.7. The van der Waals surface area contributed by atoms with Gasteiger partial charge in [0.25, 0.3) is 0 Å². The third-order valence-corrected chi connectivity index (χ3v) is 11.9. The summed E-state index contributed by atoms with van der Waals surface area (Å²) >= 11 is 0. The van der Waals surface area contributed by atoms with Gasteiger partial charge in [-0.3, -0.25) is 0 Å². The van der Waals surface area contributed by atoms with Crippen molar-refractivity contribution >= 4 is 32.3 Å². The van der Waals surface area contributed by atoms with Gasteiger partial charge in [-0.05, 0) is 82.9 Å². The lowest BCUT2D eigenvalue weighted by Crippen LogP contribution is -2.26. The van der Waals surface area contributed by atoms with Crippen LogP contribution in [0.25, 0.3) is 88.7 Å². The van der Waals surface area contributed by atoms with Crippen LogP contribution in [0.15, 0.2) is 188 Å². The third-order valence-electron chi connectivity index (χ3n) is 11.9. The standard InChI is InChI=1S/C52H31N3/c1-3-17-32(18-4-1)49-53-50(33-19-5-2-6-20-33)55-51(54-49)42-31-43-46-39-26-10-7-21-34(39)35-22-8-12-28-41(35)48(46)52(47(43)40-27-11-9-23-36(40)42)44-29-15-13-24-37(44)38-25-14-16-30-45(38)52/h1-31H. The molecule has 10 aromatic rings. The fourth-order valence-corrected chi connectivity index (χ4v) is 9.80. The molecule has 0 atom stereocenters. The van der Waals surface area contributed by atoms with E-state index in [1.54, 1.807) is 0 Å². The second-order valence-corrected chi connectivity index (χ2v) is 14.6. The molecule has 0 unspecified atom stereocenters. The Morgan fingerprint density at radius 2 is 0.709 bits per heavy atom. The van der Waals surface area contributed by atoms with Crippen molar-refractivity contribution in [1.82, 2.24) is 15.0 Å². The molecule has 0 aliphatic heterocycles. The van der Waals surface area contributed by atoms with E-state index in [9.17, 15) is 0 Å². The number of hydrogen-bond acceptors (Lipinski definition) is 3. The maximum absolute atomic E-state index is 5.28. The summed E-state index contributed by atoms with van der Waals surface area (Å²) in [6.45, 7) is 0. The highest BCUT2D eigenvalue weighted by Crippen LogP contribution is 2.67. The van der Waals surface area contributed by atoms with Gasteiger partial charge in [-0.1, -0.05) is 182 Å². The molecule has 0 saturated carbocycles. The summed E-state index contributed by atoms with van der Waals surface area (Å²) in [5.41, 5.74) is 12.8. The normalized spacial score (nSPS) is 13.2. The van der Waals surface area contributed by atoms with Crippen molar-refractivity contribution in [3.05, 3.63) is 210 Å². The molecule has 1 heterocycles. The first-order chi connectivity index (χ1) is 27.3. The lowest BCUT2D eigenvalue weighted by atomic mass is 9.68. The molecule has 3 heteroatoms. The molecule has 3 nitrogen and oxygen atoms in total. The molecule has 0 radical (unpaired) electrons. The van der Waals surface area contributed by atoms with E-state index in [1.807, 2.05) is 36.4 Å². The quantitative estimate of drug-likeness (QED) is 0.173. The number of benzene rings is 9. The maximum Gasteiger partial charge on any atom is 0.164 e. The Hall–Kier alpha value is -7.23. The molecular formula is C52H31N3. The van der Waals surface area contributed by atoms with Crippen LogP contribution in [0.4, 0.5) is 0 Å². The maximum atomic E-state index is 5.28. The molecule has 0 amide bonds. The zero-order valence-electron chi connectivity index (χ0n) is 29.7. The van der Waals surface area contributed by atoms with E-state index in [0.29, 0.717) is 17.5 Å². The smallest absolute Gasteiger partial charge is 0.164 e. The van der Waals surface area contributed by atoms with Crippen molar-refractivity contribution < 1.29 is 0 Å². The molecule has 0 bridgehead atoms. The summed E-state index contributed by atoms with van der Waals surface area (Å²) in [5.74, 6) is 1.97. The van der Waals surface area contributed by atoms with Gasteiger partial charge in [0.1, 0.15) is 0 Å². The minimum Gasteiger partial charge on any atom is -0.208 e. The predicted molar refractivity (Wildman–Crippen MR) is 225 cm³/mol. The Morgan fingerprint density at radius 3 is 1.29 bits per heavy atom. The molecule has 0 fully saturated rings. The Bertz CT molecular complexity index is 3100. The van der Waals surface area contributed by atoms with Gasteiger partial charge in [-0.15, -0.1) is 0 Å². The monoisotopic (exact) mass is 697 g/mol. The largest absolute Gasteiger partial charge is 0.208 e. The summed E-state index contributed by atoms with van der Waals surface area (Å²) in [6, 6.07) is 67.9. The van der Waals surface area contributed by atoms with E-state index in [1.165, 1.54) is 71.4 Å². The van der Waals surface area contributed by atoms with Crippen molar-refractivity contribution in [3.8, 4) is 56.4 Å². The van der Waals surface area contributed by atoms with Gasteiger partial charge in [-0.25, -0.2) is 15.0 Å². The molecule has 2 aliphatic rings. The van der Waals surface area contributed by atoms with E-state index in [2.05, 4.69) is 152 Å². The average molecular weight is 698 g/mol. The average Bonchev–Trinajstić information content (AvgIpc) is 3.74. The van der Waals surface area contributed by atoms with Crippen molar-refractivity contribution in [2.24, 2.45) is 0 Å². The van der Waals surface area contributed by atoms with E-state index in [0.717, 1.165) is 22.1 Å². The summed E-state index contributed by atoms with van der Waals surface area (Å²) < 4.78 is 0. The van der Waals surface area contributed by atoms with Gasteiger partial charge in [0.15, 0.2) is 17.5 Å². The van der Waals surface area contributed by atoms with E-state index >= 15 is 0 Å². The van der Waals surface area contributed by atoms with Crippen LogP contribution in [-0.4, -0.2) is 15.0 Å². The topological polar surface area (TPSA) is 38.7 Å². The van der Waals surface area contributed by atoms with Gasteiger partial charge in [0.05, 0.1) is 5.41 Å². The SMILES string of the molecule is c1ccc(-c2nc(-c3ccccc3)nc(-c3cc4c(c5ccccc35)C3(c5ccccc5-c5ccccc53)c3c-4c4ccccc4c4ccccc34)n2)cc1. The van der Waals surface area contributed by atoms with E-state index < -0.39 is 5.41 Å². The van der Waals surface area contributed by atoms with Crippen LogP contribution in [0.2, 0.25) is 0 Å². The molecule has 1 spiro atoms. The summed E-state index contributed by atoms with van der Waals surface area (Å²) in [5, 5.41) is 7.38. The molecule has 2 aliphatic carbocycles. The van der Waals surface area contributed by atoms with Crippen LogP contribution in [0.1, 0.15) is 22.3 Å². The van der Waals surface area contributed by atoms with E-state index in [-0.39, 0.29) is 0 Å². The summed E-state index contributed by atoms with van der Waals surface area (Å²) in [7, 11) is 0. The number of nitrogens with zero attached hydrogens (tertiary/aromatic N) is 3. The third kappa shape index (κ3) is 4.07. The first kappa shape index (κ1) is 30.3. The number of fused-ring (bicyclic) bond motifs is 17. The number of aromatic nitrogens is 3. The fourth-order valence-electron chi connectivity index (χ4n) is 9.80. The van der Waals surface area contributed by atoms with Gasteiger partial charge >= 0.3 is 0 Å². The molecule has 1 aromatic heterocycles. The van der Waals surface area contributed by atoms with Crippen molar-refractivity contribution in [2.45, 2.75) is 5.41 Å². The molecule has 254 valence electrons. The highest BCUT2D eigenvalue weighted by molar-refractivity contribution is 6.22. The Balaban J connectivity index is 1.28. The first-order valence-electron chi connectivity index (χ1n) is 18.9. The van der Waals surface area contributed by atoms with Crippen LogP contribution >= 0.6 is 0 Å². The van der Waals surface area contributed by atoms with Crippen LogP contribution < -0.4 is 0 Å². The summed E-state index contributed by atoms with van der Waals surface area (Å²) in [4.78, 5) is 15.6. The minimum atomic E-state index is -0.552. The highest BCUT2D eigenvalue weighted by atomic mass is 15.0. The van der Waals surface area contributed by atoms with Gasteiger partial charge in [0, 0.05) is 16.7 Å². The van der Waals surface area contributed by atoms with Crippen LogP contribution in [0, 0.1) is 0 Å². The zero-order chi connectivity index (χ0) is 36.1. The van der Waals surface area contributed by atoms with Crippen molar-refractivity contribution in [2.75, 3.05) is 0 Å².